The molecule has 2 amide bonds. The molecule has 0 saturated carbocycles. The fourth-order valence-electron chi connectivity index (χ4n) is 4.51. The second-order valence-corrected chi connectivity index (χ2v) is 8.89. The molecule has 4 rings (SSSR count). The number of aryl methyl sites for hydroxylation is 1. The molecule has 1 spiro atoms. The molecule has 2 aliphatic heterocycles. The first-order valence-corrected chi connectivity index (χ1v) is 10.6. The van der Waals surface area contributed by atoms with E-state index in [1.54, 1.807) is 31.2 Å². The molecule has 0 aliphatic carbocycles. The maximum Gasteiger partial charge on any atom is 0.250 e. The zero-order valence-corrected chi connectivity index (χ0v) is 18.8. The number of methoxy groups -OCH3 is 1. The number of halogens is 2. The highest BCUT2D eigenvalue weighted by Gasteiger charge is 2.61. The Balaban J connectivity index is 1.79. The number of hydrogen-bond donors (Lipinski definition) is 4. The molecule has 31 heavy (non-hydrogen) atoms. The molecule has 1 fully saturated rings. The molecule has 2 aliphatic rings. The van der Waals surface area contributed by atoms with Crippen molar-refractivity contribution in [3.05, 3.63) is 51.5 Å². The number of rotatable bonds is 4. The summed E-state index contributed by atoms with van der Waals surface area (Å²) in [5.41, 5.74) is 0.981. The molecular formula is C22H23Cl2N3O4. The van der Waals surface area contributed by atoms with Crippen LogP contribution in [0.25, 0.3) is 0 Å². The predicted molar refractivity (Wildman–Crippen MR) is 120 cm³/mol. The van der Waals surface area contributed by atoms with Crippen molar-refractivity contribution in [3.63, 3.8) is 0 Å². The summed E-state index contributed by atoms with van der Waals surface area (Å²) in [7, 11) is 1.49. The Hall–Kier alpha value is -2.32. The number of nitrogens with one attached hydrogen (secondary N) is 3. The molecular weight excluding hydrogens is 441 g/mol. The summed E-state index contributed by atoms with van der Waals surface area (Å²) in [4.78, 5) is 26.8. The van der Waals surface area contributed by atoms with Crippen molar-refractivity contribution in [2.75, 3.05) is 17.7 Å². The van der Waals surface area contributed by atoms with E-state index in [1.807, 2.05) is 13.0 Å². The predicted octanol–water partition coefficient (Wildman–Crippen LogP) is 3.46. The summed E-state index contributed by atoms with van der Waals surface area (Å²) < 4.78 is 5.32. The highest BCUT2D eigenvalue weighted by atomic mass is 35.5. The smallest absolute Gasteiger partial charge is 0.250 e. The normalized spacial score (nSPS) is 25.3. The zero-order chi connectivity index (χ0) is 22.5. The number of amides is 2. The Bertz CT molecular complexity index is 1070. The van der Waals surface area contributed by atoms with E-state index >= 15 is 0 Å². The Morgan fingerprint density at radius 2 is 2.06 bits per heavy atom. The lowest BCUT2D eigenvalue weighted by molar-refractivity contribution is -0.130. The summed E-state index contributed by atoms with van der Waals surface area (Å²) in [5.74, 6) is -1.14. The fraction of sp³-hybridized carbons (Fsp3) is 0.364. The van der Waals surface area contributed by atoms with Crippen LogP contribution in [-0.2, 0) is 15.1 Å². The van der Waals surface area contributed by atoms with Gasteiger partial charge in [-0.2, -0.15) is 0 Å². The van der Waals surface area contributed by atoms with Crippen molar-refractivity contribution in [3.8, 4) is 5.75 Å². The van der Waals surface area contributed by atoms with Crippen molar-refractivity contribution in [1.29, 1.82) is 0 Å². The Morgan fingerprint density at radius 3 is 2.74 bits per heavy atom. The van der Waals surface area contributed by atoms with Crippen LogP contribution in [0.2, 0.25) is 10.0 Å². The van der Waals surface area contributed by atoms with Crippen LogP contribution in [-0.4, -0.2) is 36.2 Å². The van der Waals surface area contributed by atoms with Crippen LogP contribution in [0.5, 0.6) is 5.75 Å². The van der Waals surface area contributed by atoms with Crippen LogP contribution in [0.4, 0.5) is 11.4 Å². The largest absolute Gasteiger partial charge is 0.495 e. The van der Waals surface area contributed by atoms with Crippen molar-refractivity contribution in [2.24, 2.45) is 5.92 Å². The molecule has 7 nitrogen and oxygen atoms in total. The summed E-state index contributed by atoms with van der Waals surface area (Å²) >= 11 is 12.5. The van der Waals surface area contributed by atoms with E-state index in [0.717, 1.165) is 5.56 Å². The molecule has 2 aromatic carbocycles. The molecule has 0 unspecified atom stereocenters. The van der Waals surface area contributed by atoms with Crippen LogP contribution in [0.15, 0.2) is 30.3 Å². The van der Waals surface area contributed by atoms with Gasteiger partial charge in [0.2, 0.25) is 11.8 Å². The number of benzene rings is 2. The Morgan fingerprint density at radius 1 is 1.32 bits per heavy atom. The average Bonchev–Trinajstić information content (AvgIpc) is 3.23. The van der Waals surface area contributed by atoms with Gasteiger partial charge in [0.1, 0.15) is 11.3 Å². The first-order valence-electron chi connectivity index (χ1n) is 9.89. The summed E-state index contributed by atoms with van der Waals surface area (Å²) in [6, 6.07) is 8.03. The van der Waals surface area contributed by atoms with Crippen LogP contribution < -0.4 is 20.7 Å². The number of hydrogen-bond acceptors (Lipinski definition) is 5. The van der Waals surface area contributed by atoms with Crippen molar-refractivity contribution >= 4 is 46.4 Å². The van der Waals surface area contributed by atoms with E-state index in [0.29, 0.717) is 32.7 Å². The van der Waals surface area contributed by atoms with Gasteiger partial charge in [0.05, 0.1) is 35.5 Å². The molecule has 4 atom stereocenters. The van der Waals surface area contributed by atoms with Crippen molar-refractivity contribution < 1.29 is 19.4 Å². The average molecular weight is 464 g/mol. The van der Waals surface area contributed by atoms with Gasteiger partial charge in [-0.1, -0.05) is 29.3 Å². The van der Waals surface area contributed by atoms with Gasteiger partial charge in [-0.05, 0) is 50.1 Å². The monoisotopic (exact) mass is 463 g/mol. The van der Waals surface area contributed by atoms with Crippen LogP contribution in [0.1, 0.15) is 24.5 Å². The van der Waals surface area contributed by atoms with Gasteiger partial charge in [0.15, 0.2) is 0 Å². The Labute approximate surface area is 190 Å². The lowest BCUT2D eigenvalue weighted by Crippen LogP contribution is -2.53. The quantitative estimate of drug-likeness (QED) is 0.556. The molecule has 2 heterocycles. The van der Waals surface area contributed by atoms with Crippen LogP contribution in [0, 0.1) is 12.8 Å². The van der Waals surface area contributed by atoms with Gasteiger partial charge in [0.25, 0.3) is 0 Å². The number of aliphatic hydroxyl groups is 1. The van der Waals surface area contributed by atoms with Gasteiger partial charge < -0.3 is 20.5 Å². The molecule has 164 valence electrons. The number of ether oxygens (including phenoxy) is 1. The lowest BCUT2D eigenvalue weighted by atomic mass is 9.79. The SMILES string of the molecule is COc1ccc(Cl)cc1NC(=O)[C@@H]1C[C@H]([C@@H](C)O)N[C@]12C(=O)Nc1c(Cl)cc(C)cc12. The maximum atomic E-state index is 13.5. The highest BCUT2D eigenvalue weighted by molar-refractivity contribution is 6.35. The third-order valence-electron chi connectivity index (χ3n) is 6.00. The standard InChI is InChI=1S/C22H23Cl2N3O4/c1-10-6-13-19(15(24)7-10)26-21(30)22(13)14(9-16(27-22)11(2)28)20(29)25-17-8-12(23)4-5-18(17)31-3/h4-8,11,14,16,27-28H,9H2,1-3H3,(H,25,29)(H,26,30)/t11-,14+,16-,22+/m1/s1. The first kappa shape index (κ1) is 21.9. The van der Waals surface area contributed by atoms with Crippen LogP contribution >= 0.6 is 23.2 Å². The summed E-state index contributed by atoms with van der Waals surface area (Å²) in [6.45, 7) is 3.50. The number of carbonyl (C=O) groups excluding carboxylic acids is 2. The second-order valence-electron chi connectivity index (χ2n) is 8.05. The topological polar surface area (TPSA) is 99.7 Å². The Kier molecular flexibility index (Phi) is 5.64. The molecule has 0 radical (unpaired) electrons. The summed E-state index contributed by atoms with van der Waals surface area (Å²) in [5, 5.41) is 20.0. The maximum absolute atomic E-state index is 13.5. The minimum atomic E-state index is -1.36. The van der Waals surface area contributed by atoms with Gasteiger partial charge in [-0.3, -0.25) is 14.9 Å². The molecule has 9 heteroatoms. The van der Waals surface area contributed by atoms with Gasteiger partial charge in [0, 0.05) is 16.6 Å². The van der Waals surface area contributed by atoms with E-state index in [2.05, 4.69) is 16.0 Å². The van der Waals surface area contributed by atoms with Crippen LogP contribution in [0.3, 0.4) is 0 Å². The second kappa shape index (κ2) is 7.98. The van der Waals surface area contributed by atoms with E-state index in [-0.39, 0.29) is 12.3 Å². The molecule has 0 bridgehead atoms. The molecule has 1 saturated heterocycles. The molecule has 4 N–H and O–H groups in total. The first-order chi connectivity index (χ1) is 14.7. The third kappa shape index (κ3) is 3.55. The zero-order valence-electron chi connectivity index (χ0n) is 17.3. The highest BCUT2D eigenvalue weighted by Crippen LogP contribution is 2.50. The number of aliphatic hydroxyl groups excluding tert-OH is 1. The lowest BCUT2D eigenvalue weighted by Gasteiger charge is -2.30. The molecule has 2 aromatic rings. The number of fused-ring (bicyclic) bond motifs is 2. The number of carbonyl (C=O) groups is 2. The number of anilines is 2. The molecule has 0 aromatic heterocycles. The van der Waals surface area contributed by atoms with E-state index in [4.69, 9.17) is 27.9 Å². The van der Waals surface area contributed by atoms with E-state index < -0.39 is 29.5 Å². The minimum absolute atomic E-state index is 0.255. The van der Waals surface area contributed by atoms with E-state index in [9.17, 15) is 14.7 Å². The van der Waals surface area contributed by atoms with Crippen molar-refractivity contribution in [2.45, 2.75) is 38.0 Å². The third-order valence-corrected chi connectivity index (χ3v) is 6.53. The van der Waals surface area contributed by atoms with Gasteiger partial charge >= 0.3 is 0 Å². The van der Waals surface area contributed by atoms with Crippen molar-refractivity contribution in [1.82, 2.24) is 5.32 Å². The van der Waals surface area contributed by atoms with Gasteiger partial charge in [-0.15, -0.1) is 0 Å². The van der Waals surface area contributed by atoms with Gasteiger partial charge in [-0.25, -0.2) is 0 Å². The van der Waals surface area contributed by atoms with E-state index in [1.165, 1.54) is 7.11 Å². The summed E-state index contributed by atoms with van der Waals surface area (Å²) in [6.07, 6.45) is -0.516. The minimum Gasteiger partial charge on any atom is -0.495 e. The fourth-order valence-corrected chi connectivity index (χ4v) is 5.00.